The van der Waals surface area contributed by atoms with Gasteiger partial charge in [-0.25, -0.2) is 0 Å². The fourth-order valence-corrected chi connectivity index (χ4v) is 4.40. The van der Waals surface area contributed by atoms with Crippen LogP contribution in [0.5, 0.6) is 5.75 Å². The summed E-state index contributed by atoms with van der Waals surface area (Å²) in [6, 6.07) is 12.7. The van der Waals surface area contributed by atoms with E-state index in [1.165, 1.54) is 0 Å². The van der Waals surface area contributed by atoms with Gasteiger partial charge in [-0.15, -0.1) is 0 Å². The minimum Gasteiger partial charge on any atom is -0.487 e. The highest BCUT2D eigenvalue weighted by atomic mass is 35.5. The fourth-order valence-electron chi connectivity index (χ4n) is 4.09. The summed E-state index contributed by atoms with van der Waals surface area (Å²) >= 11 is 12.0. The first-order valence-electron chi connectivity index (χ1n) is 9.27. The van der Waals surface area contributed by atoms with Gasteiger partial charge >= 0.3 is 0 Å². The highest BCUT2D eigenvalue weighted by Crippen LogP contribution is 2.45. The number of likely N-dealkylation sites (tertiary alicyclic amines) is 1. The van der Waals surface area contributed by atoms with Crippen molar-refractivity contribution in [3.05, 3.63) is 63.6 Å². The molecule has 4 rings (SSSR count). The molecule has 0 saturated carbocycles. The summed E-state index contributed by atoms with van der Waals surface area (Å²) in [5, 5.41) is 22.4. The number of aliphatic hydroxyl groups is 2. The number of aliphatic hydroxyl groups excluding tert-OH is 2. The Labute approximate surface area is 169 Å². The molecule has 6 heteroatoms. The number of fused-ring (bicyclic) bond motifs is 1. The van der Waals surface area contributed by atoms with Crippen LogP contribution in [-0.4, -0.2) is 40.3 Å². The van der Waals surface area contributed by atoms with E-state index in [0.29, 0.717) is 23.0 Å². The lowest BCUT2D eigenvalue weighted by Gasteiger charge is -2.46. The van der Waals surface area contributed by atoms with Gasteiger partial charge in [0, 0.05) is 41.7 Å². The molecule has 4 nitrogen and oxygen atoms in total. The summed E-state index contributed by atoms with van der Waals surface area (Å²) in [5.74, 6) is 0.729. The Bertz CT molecular complexity index is 804. The Morgan fingerprint density at radius 3 is 2.44 bits per heavy atom. The number of hydrogen-bond acceptors (Lipinski definition) is 4. The number of nitrogens with zero attached hydrogens (tertiary/aromatic N) is 1. The molecule has 0 aliphatic carbocycles. The number of hydrogen-bond donors (Lipinski definition) is 2. The Kier molecular flexibility index (Phi) is 5.36. The topological polar surface area (TPSA) is 52.9 Å². The van der Waals surface area contributed by atoms with Gasteiger partial charge in [0.25, 0.3) is 0 Å². The summed E-state index contributed by atoms with van der Waals surface area (Å²) in [7, 11) is 0. The van der Waals surface area contributed by atoms with Crippen molar-refractivity contribution >= 4 is 23.2 Å². The van der Waals surface area contributed by atoms with Crippen molar-refractivity contribution in [2.45, 2.75) is 37.1 Å². The zero-order valence-electron chi connectivity index (χ0n) is 14.9. The Morgan fingerprint density at radius 2 is 1.74 bits per heavy atom. The summed E-state index contributed by atoms with van der Waals surface area (Å²) in [4.78, 5) is 2.25. The molecule has 2 aliphatic rings. The van der Waals surface area contributed by atoms with Crippen LogP contribution in [0.25, 0.3) is 0 Å². The minimum atomic E-state index is -0.557. The van der Waals surface area contributed by atoms with Crippen molar-refractivity contribution in [2.24, 2.45) is 0 Å². The third kappa shape index (κ3) is 4.10. The molecule has 0 amide bonds. The number of benzene rings is 2. The average molecular weight is 408 g/mol. The number of β-amino-alcohol motifs (C(OH)–C–C–N with tert-alkyl or cyclic N) is 1. The van der Waals surface area contributed by atoms with Crippen LogP contribution in [0.2, 0.25) is 10.0 Å². The highest BCUT2D eigenvalue weighted by Gasteiger charge is 2.43. The molecule has 27 heavy (non-hydrogen) atoms. The van der Waals surface area contributed by atoms with Crippen LogP contribution in [0.1, 0.15) is 42.6 Å². The molecule has 0 radical (unpaired) electrons. The molecule has 1 saturated heterocycles. The molecule has 1 spiro atoms. The van der Waals surface area contributed by atoms with Crippen molar-refractivity contribution in [3.63, 3.8) is 0 Å². The second-order valence-electron chi connectivity index (χ2n) is 7.56. The largest absolute Gasteiger partial charge is 0.487 e. The van der Waals surface area contributed by atoms with Gasteiger partial charge in [-0.3, -0.25) is 0 Å². The third-order valence-corrected chi connectivity index (χ3v) is 6.16. The predicted molar refractivity (Wildman–Crippen MR) is 106 cm³/mol. The third-order valence-electron chi connectivity index (χ3n) is 5.68. The van der Waals surface area contributed by atoms with E-state index >= 15 is 0 Å². The monoisotopic (exact) mass is 407 g/mol. The van der Waals surface area contributed by atoms with Crippen LogP contribution in [-0.2, 0) is 0 Å². The first kappa shape index (κ1) is 19.0. The van der Waals surface area contributed by atoms with Gasteiger partial charge in [0.15, 0.2) is 0 Å². The van der Waals surface area contributed by atoms with E-state index in [0.717, 1.165) is 42.8 Å². The molecule has 2 N–H and O–H groups in total. The van der Waals surface area contributed by atoms with Gasteiger partial charge in [0.1, 0.15) is 11.4 Å². The van der Waals surface area contributed by atoms with Crippen molar-refractivity contribution in [3.8, 4) is 5.75 Å². The second kappa shape index (κ2) is 7.61. The lowest BCUT2D eigenvalue weighted by Crippen LogP contribution is -2.51. The predicted octanol–water partition coefficient (Wildman–Crippen LogP) is 4.38. The number of piperidine rings is 1. The molecule has 2 aliphatic heterocycles. The van der Waals surface area contributed by atoms with E-state index in [1.54, 1.807) is 24.3 Å². The zero-order chi connectivity index (χ0) is 19.0. The van der Waals surface area contributed by atoms with Gasteiger partial charge in [0.2, 0.25) is 0 Å². The van der Waals surface area contributed by atoms with E-state index in [1.807, 2.05) is 18.2 Å². The van der Waals surface area contributed by atoms with E-state index in [-0.39, 0.29) is 5.60 Å². The van der Waals surface area contributed by atoms with E-state index in [9.17, 15) is 10.2 Å². The number of halogens is 2. The molecular weight excluding hydrogens is 385 g/mol. The summed E-state index contributed by atoms with van der Waals surface area (Å²) in [6.45, 7) is 2.22. The van der Waals surface area contributed by atoms with Gasteiger partial charge in [-0.2, -0.15) is 0 Å². The van der Waals surface area contributed by atoms with Crippen molar-refractivity contribution < 1.29 is 14.9 Å². The van der Waals surface area contributed by atoms with Crippen LogP contribution < -0.4 is 4.74 Å². The molecule has 2 aromatic rings. The normalized spacial score (nSPS) is 22.9. The molecule has 2 aromatic carbocycles. The number of rotatable bonds is 3. The first-order chi connectivity index (χ1) is 12.9. The van der Waals surface area contributed by atoms with Crippen molar-refractivity contribution in [1.82, 2.24) is 4.90 Å². The van der Waals surface area contributed by atoms with Gasteiger partial charge in [-0.1, -0.05) is 35.3 Å². The SMILES string of the molecule is O[C@@H](CN1CCC2(CC1)C[C@H](O)c1cc(Cl)ccc1O2)c1ccc(Cl)cc1. The van der Waals surface area contributed by atoms with E-state index < -0.39 is 12.2 Å². The standard InChI is InChI=1S/C21H23Cl2NO3/c22-15-3-1-14(2-4-15)19(26)13-24-9-7-21(8-10-24)12-18(25)17-11-16(23)5-6-20(17)27-21/h1-6,11,18-19,25-26H,7-10,12-13H2/t18-,19-/m0/s1. The minimum absolute atomic E-state index is 0.345. The maximum atomic E-state index is 10.6. The first-order valence-corrected chi connectivity index (χ1v) is 10.0. The van der Waals surface area contributed by atoms with Crippen LogP contribution in [0.4, 0.5) is 0 Å². The fraction of sp³-hybridized carbons (Fsp3) is 0.429. The lowest BCUT2D eigenvalue weighted by molar-refractivity contribution is -0.0587. The summed E-state index contributed by atoms with van der Waals surface area (Å²) in [6.07, 6.45) is 1.11. The van der Waals surface area contributed by atoms with Gasteiger partial charge in [-0.05, 0) is 48.7 Å². The van der Waals surface area contributed by atoms with Crippen LogP contribution in [0, 0.1) is 0 Å². The molecular formula is C21H23Cl2NO3. The van der Waals surface area contributed by atoms with Crippen LogP contribution in [0.15, 0.2) is 42.5 Å². The Hall–Kier alpha value is -1.30. The maximum Gasteiger partial charge on any atom is 0.126 e. The van der Waals surface area contributed by atoms with E-state index in [2.05, 4.69) is 4.90 Å². The second-order valence-corrected chi connectivity index (χ2v) is 8.43. The molecule has 2 atom stereocenters. The highest BCUT2D eigenvalue weighted by molar-refractivity contribution is 6.30. The molecule has 144 valence electrons. The zero-order valence-corrected chi connectivity index (χ0v) is 16.5. The van der Waals surface area contributed by atoms with Crippen LogP contribution in [0.3, 0.4) is 0 Å². The van der Waals surface area contributed by atoms with Gasteiger partial charge < -0.3 is 19.8 Å². The molecule has 2 heterocycles. The summed E-state index contributed by atoms with van der Waals surface area (Å²) < 4.78 is 6.31. The maximum absolute atomic E-state index is 10.6. The van der Waals surface area contributed by atoms with Crippen molar-refractivity contribution in [1.29, 1.82) is 0 Å². The Morgan fingerprint density at radius 1 is 1.07 bits per heavy atom. The lowest BCUT2D eigenvalue weighted by atomic mass is 9.81. The van der Waals surface area contributed by atoms with E-state index in [4.69, 9.17) is 27.9 Å². The molecule has 0 unspecified atom stereocenters. The van der Waals surface area contributed by atoms with Gasteiger partial charge in [0.05, 0.1) is 12.2 Å². The average Bonchev–Trinajstić information content (AvgIpc) is 2.65. The number of ether oxygens (including phenoxy) is 1. The van der Waals surface area contributed by atoms with Crippen molar-refractivity contribution in [2.75, 3.05) is 19.6 Å². The summed E-state index contributed by atoms with van der Waals surface area (Å²) in [5.41, 5.74) is 1.30. The smallest absolute Gasteiger partial charge is 0.126 e. The molecule has 1 fully saturated rings. The quantitative estimate of drug-likeness (QED) is 0.792. The molecule has 0 aromatic heterocycles. The van der Waals surface area contributed by atoms with Crippen LogP contribution >= 0.6 is 23.2 Å². The Balaban J connectivity index is 1.39. The molecule has 0 bridgehead atoms.